The van der Waals surface area contributed by atoms with Crippen LogP contribution in [-0.2, 0) is 0 Å². The molecule has 0 radical (unpaired) electrons. The van der Waals surface area contributed by atoms with Crippen LogP contribution in [-0.4, -0.2) is 18.7 Å². The van der Waals surface area contributed by atoms with Gasteiger partial charge in [0.15, 0.2) is 0 Å². The molecule has 0 aliphatic carbocycles. The Morgan fingerprint density at radius 3 is 2.45 bits per heavy atom. The predicted molar refractivity (Wildman–Crippen MR) is 87.2 cm³/mol. The highest BCUT2D eigenvalue weighted by molar-refractivity contribution is 9.10. The number of aliphatic hydroxyl groups excluding tert-OH is 1. The maximum absolute atomic E-state index is 10.6. The van der Waals surface area contributed by atoms with E-state index in [9.17, 15) is 5.11 Å². The summed E-state index contributed by atoms with van der Waals surface area (Å²) in [6, 6.07) is 15.5. The summed E-state index contributed by atoms with van der Waals surface area (Å²) >= 11 is 9.55. The molecule has 4 heteroatoms. The molecule has 2 nitrogen and oxygen atoms in total. The van der Waals surface area contributed by atoms with Crippen LogP contribution in [0.3, 0.4) is 0 Å². The Kier molecular flexibility index (Phi) is 5.61. The van der Waals surface area contributed by atoms with Gasteiger partial charge >= 0.3 is 0 Å². The minimum Gasteiger partial charge on any atom is -0.388 e. The molecule has 2 aromatic rings. The standard InChI is InChI=1S/C16H17BrClNO/c1-19-10-13(12-7-8-14(17)15(18)9-12)16(20)11-5-3-2-4-6-11/h2-9,13,16,19-20H,10H2,1H3/t13-,16+/m0/s1. The first-order valence-electron chi connectivity index (χ1n) is 6.46. The number of rotatable bonds is 5. The molecule has 0 saturated heterocycles. The van der Waals surface area contributed by atoms with Gasteiger partial charge in [-0.15, -0.1) is 0 Å². The summed E-state index contributed by atoms with van der Waals surface area (Å²) in [5, 5.41) is 14.4. The van der Waals surface area contributed by atoms with Gasteiger partial charge in [0.1, 0.15) is 0 Å². The monoisotopic (exact) mass is 353 g/mol. The molecule has 106 valence electrons. The summed E-state index contributed by atoms with van der Waals surface area (Å²) < 4.78 is 0.861. The first-order valence-corrected chi connectivity index (χ1v) is 7.63. The lowest BCUT2D eigenvalue weighted by molar-refractivity contribution is 0.144. The summed E-state index contributed by atoms with van der Waals surface area (Å²) in [6.07, 6.45) is -0.569. The van der Waals surface area contributed by atoms with E-state index in [0.717, 1.165) is 15.6 Å². The van der Waals surface area contributed by atoms with Crippen LogP contribution in [0.4, 0.5) is 0 Å². The van der Waals surface area contributed by atoms with E-state index in [4.69, 9.17) is 11.6 Å². The third kappa shape index (κ3) is 3.61. The third-order valence-electron chi connectivity index (χ3n) is 3.32. The van der Waals surface area contributed by atoms with E-state index >= 15 is 0 Å². The fourth-order valence-corrected chi connectivity index (χ4v) is 2.69. The van der Waals surface area contributed by atoms with Crippen LogP contribution < -0.4 is 5.32 Å². The second-order valence-electron chi connectivity index (χ2n) is 4.69. The Balaban J connectivity index is 2.33. The topological polar surface area (TPSA) is 32.3 Å². The van der Waals surface area contributed by atoms with E-state index in [0.29, 0.717) is 11.6 Å². The van der Waals surface area contributed by atoms with Crippen LogP contribution in [0.25, 0.3) is 0 Å². The van der Waals surface area contributed by atoms with Gasteiger partial charge in [-0.2, -0.15) is 0 Å². The van der Waals surface area contributed by atoms with E-state index in [-0.39, 0.29) is 5.92 Å². The fraction of sp³-hybridized carbons (Fsp3) is 0.250. The maximum atomic E-state index is 10.6. The van der Waals surface area contributed by atoms with E-state index in [1.165, 1.54) is 0 Å². The summed E-state index contributed by atoms with van der Waals surface area (Å²) in [7, 11) is 1.88. The third-order valence-corrected chi connectivity index (χ3v) is 4.55. The highest BCUT2D eigenvalue weighted by Crippen LogP contribution is 2.33. The van der Waals surface area contributed by atoms with E-state index in [1.807, 2.05) is 55.6 Å². The zero-order chi connectivity index (χ0) is 14.5. The van der Waals surface area contributed by atoms with Crippen LogP contribution in [0.2, 0.25) is 5.02 Å². The van der Waals surface area contributed by atoms with Gasteiger partial charge in [-0.1, -0.05) is 48.0 Å². The molecule has 0 aromatic heterocycles. The zero-order valence-corrected chi connectivity index (χ0v) is 13.5. The minimum atomic E-state index is -0.569. The van der Waals surface area contributed by atoms with Crippen molar-refractivity contribution in [1.29, 1.82) is 0 Å². The minimum absolute atomic E-state index is 0.0481. The van der Waals surface area contributed by atoms with Crippen molar-refractivity contribution in [3.63, 3.8) is 0 Å². The Hall–Kier alpha value is -0.870. The SMILES string of the molecule is CNC[C@@H](c1ccc(Br)c(Cl)c1)[C@H](O)c1ccccc1. The van der Waals surface area contributed by atoms with Crippen molar-refractivity contribution in [2.45, 2.75) is 12.0 Å². The van der Waals surface area contributed by atoms with Gasteiger partial charge in [0.25, 0.3) is 0 Å². The van der Waals surface area contributed by atoms with E-state index in [1.54, 1.807) is 0 Å². The van der Waals surface area contributed by atoms with Gasteiger partial charge in [0.05, 0.1) is 11.1 Å². The molecule has 2 N–H and O–H groups in total. The molecule has 0 aliphatic rings. The quantitative estimate of drug-likeness (QED) is 0.846. The zero-order valence-electron chi connectivity index (χ0n) is 11.2. The first-order chi connectivity index (χ1) is 9.63. The summed E-state index contributed by atoms with van der Waals surface area (Å²) in [4.78, 5) is 0. The molecule has 2 atom stereocenters. The van der Waals surface area contributed by atoms with Crippen molar-refractivity contribution in [3.05, 3.63) is 69.2 Å². The van der Waals surface area contributed by atoms with Crippen LogP contribution in [0, 0.1) is 0 Å². The van der Waals surface area contributed by atoms with Crippen LogP contribution in [0.15, 0.2) is 53.0 Å². The average molecular weight is 355 g/mol. The van der Waals surface area contributed by atoms with Gasteiger partial charge in [-0.05, 0) is 46.2 Å². The molecule has 0 spiro atoms. The van der Waals surface area contributed by atoms with E-state index < -0.39 is 6.10 Å². The van der Waals surface area contributed by atoms with Gasteiger partial charge < -0.3 is 10.4 Å². The number of aliphatic hydroxyl groups is 1. The number of nitrogens with one attached hydrogen (secondary N) is 1. The molecule has 0 bridgehead atoms. The van der Waals surface area contributed by atoms with Crippen molar-refractivity contribution in [3.8, 4) is 0 Å². The smallest absolute Gasteiger partial charge is 0.0870 e. The number of hydrogen-bond acceptors (Lipinski definition) is 2. The Morgan fingerprint density at radius 2 is 1.85 bits per heavy atom. The number of halogens is 2. The van der Waals surface area contributed by atoms with Crippen molar-refractivity contribution < 1.29 is 5.11 Å². The molecule has 0 saturated carbocycles. The Bertz CT molecular complexity index is 562. The molecule has 2 aromatic carbocycles. The number of benzene rings is 2. The summed E-state index contributed by atoms with van der Waals surface area (Å²) in [6.45, 7) is 0.675. The molecule has 0 amide bonds. The summed E-state index contributed by atoms with van der Waals surface area (Å²) in [5.74, 6) is -0.0481. The molecule has 0 fully saturated rings. The first kappa shape index (κ1) is 15.5. The lowest BCUT2D eigenvalue weighted by Crippen LogP contribution is -2.23. The van der Waals surface area contributed by atoms with E-state index in [2.05, 4.69) is 21.2 Å². The van der Waals surface area contributed by atoms with Crippen molar-refractivity contribution in [2.24, 2.45) is 0 Å². The highest BCUT2D eigenvalue weighted by Gasteiger charge is 2.22. The largest absolute Gasteiger partial charge is 0.388 e. The molecular formula is C16H17BrClNO. The van der Waals surface area contributed by atoms with Crippen molar-refractivity contribution in [1.82, 2.24) is 5.32 Å². The molecule has 0 heterocycles. The molecule has 2 rings (SSSR count). The fourth-order valence-electron chi connectivity index (χ4n) is 2.26. The van der Waals surface area contributed by atoms with Crippen LogP contribution in [0.5, 0.6) is 0 Å². The second kappa shape index (κ2) is 7.23. The lowest BCUT2D eigenvalue weighted by atomic mass is 9.89. The Labute approximate surface area is 132 Å². The van der Waals surface area contributed by atoms with Crippen molar-refractivity contribution >= 4 is 27.5 Å². The van der Waals surface area contributed by atoms with Crippen molar-refractivity contribution in [2.75, 3.05) is 13.6 Å². The molecule has 20 heavy (non-hydrogen) atoms. The highest BCUT2D eigenvalue weighted by atomic mass is 79.9. The van der Waals surface area contributed by atoms with Gasteiger partial charge in [-0.3, -0.25) is 0 Å². The van der Waals surface area contributed by atoms with Crippen LogP contribution in [0.1, 0.15) is 23.1 Å². The molecule has 0 aliphatic heterocycles. The molecule has 0 unspecified atom stereocenters. The second-order valence-corrected chi connectivity index (χ2v) is 5.95. The van der Waals surface area contributed by atoms with Gasteiger partial charge in [0, 0.05) is 16.9 Å². The normalized spacial score (nSPS) is 14.0. The predicted octanol–water partition coefficient (Wildman–Crippen LogP) is 4.14. The average Bonchev–Trinajstić information content (AvgIpc) is 2.48. The van der Waals surface area contributed by atoms with Gasteiger partial charge in [-0.25, -0.2) is 0 Å². The number of hydrogen-bond donors (Lipinski definition) is 2. The molecular weight excluding hydrogens is 338 g/mol. The Morgan fingerprint density at radius 1 is 1.15 bits per heavy atom. The van der Waals surface area contributed by atoms with Gasteiger partial charge in [0.2, 0.25) is 0 Å². The summed E-state index contributed by atoms with van der Waals surface area (Å²) in [5.41, 5.74) is 1.93. The number of likely N-dealkylation sites (N-methyl/N-ethyl adjacent to an activating group) is 1. The maximum Gasteiger partial charge on any atom is 0.0870 e. The lowest BCUT2D eigenvalue weighted by Gasteiger charge is -2.24. The van der Waals surface area contributed by atoms with Crippen LogP contribution >= 0.6 is 27.5 Å².